The number of thiazole rings is 1. The van der Waals surface area contributed by atoms with Crippen LogP contribution in [0, 0.1) is 6.92 Å². The van der Waals surface area contributed by atoms with Gasteiger partial charge < -0.3 is 9.47 Å². The Morgan fingerprint density at radius 1 is 1.08 bits per heavy atom. The van der Waals surface area contributed by atoms with E-state index in [9.17, 15) is 8.42 Å². The number of aryl methyl sites for hydroxylation is 1. The number of hydrogen-bond donors (Lipinski definition) is 1. The Kier molecular flexibility index (Phi) is 4.29. The van der Waals surface area contributed by atoms with Gasteiger partial charge in [-0.15, -0.1) is 11.3 Å². The Labute approximate surface area is 155 Å². The van der Waals surface area contributed by atoms with Crippen molar-refractivity contribution in [3.8, 4) is 22.8 Å². The topological polar surface area (TPSA) is 77.5 Å². The van der Waals surface area contributed by atoms with Crippen LogP contribution >= 0.6 is 11.3 Å². The molecule has 0 atom stereocenters. The van der Waals surface area contributed by atoms with E-state index in [-0.39, 0.29) is 4.90 Å². The van der Waals surface area contributed by atoms with E-state index in [1.165, 1.54) is 12.1 Å². The van der Waals surface area contributed by atoms with Crippen molar-refractivity contribution in [1.82, 2.24) is 4.98 Å². The lowest BCUT2D eigenvalue weighted by Crippen LogP contribution is -2.17. The summed E-state index contributed by atoms with van der Waals surface area (Å²) in [6.07, 6.45) is 0. The number of rotatable bonds is 4. The van der Waals surface area contributed by atoms with E-state index in [2.05, 4.69) is 9.71 Å². The molecule has 0 saturated carbocycles. The summed E-state index contributed by atoms with van der Waals surface area (Å²) in [5, 5.41) is 2.91. The van der Waals surface area contributed by atoms with E-state index in [0.717, 1.165) is 16.3 Å². The van der Waals surface area contributed by atoms with Crippen LogP contribution in [0.5, 0.6) is 11.5 Å². The second kappa shape index (κ2) is 6.62. The van der Waals surface area contributed by atoms with Crippen LogP contribution in [0.25, 0.3) is 11.3 Å². The van der Waals surface area contributed by atoms with Crippen LogP contribution in [0.3, 0.4) is 0 Å². The number of nitrogens with zero attached hydrogens (tertiary/aromatic N) is 1. The summed E-state index contributed by atoms with van der Waals surface area (Å²) in [5.41, 5.74) is 2.16. The van der Waals surface area contributed by atoms with Gasteiger partial charge in [0.2, 0.25) is 0 Å². The van der Waals surface area contributed by atoms with Crippen molar-refractivity contribution >= 4 is 27.0 Å². The maximum atomic E-state index is 12.7. The molecule has 0 amide bonds. The van der Waals surface area contributed by atoms with E-state index in [1.54, 1.807) is 35.6 Å². The van der Waals surface area contributed by atoms with Gasteiger partial charge in [0.05, 0.1) is 15.6 Å². The first kappa shape index (κ1) is 16.9. The van der Waals surface area contributed by atoms with Gasteiger partial charge in [0.1, 0.15) is 13.2 Å². The van der Waals surface area contributed by atoms with Crippen molar-refractivity contribution in [3.63, 3.8) is 0 Å². The average Bonchev–Trinajstić information content (AvgIpc) is 3.08. The van der Waals surface area contributed by atoms with E-state index >= 15 is 0 Å². The van der Waals surface area contributed by atoms with Crippen LogP contribution in [0.4, 0.5) is 5.69 Å². The highest BCUT2D eigenvalue weighted by molar-refractivity contribution is 7.92. The number of sulfonamides is 1. The minimum atomic E-state index is -3.74. The van der Waals surface area contributed by atoms with Gasteiger partial charge in [0.15, 0.2) is 11.5 Å². The monoisotopic (exact) mass is 388 g/mol. The molecule has 1 aromatic heterocycles. The molecule has 8 heteroatoms. The molecule has 0 bridgehead atoms. The molecule has 0 saturated heterocycles. The van der Waals surface area contributed by atoms with Gasteiger partial charge in [-0.05, 0) is 31.2 Å². The van der Waals surface area contributed by atoms with Gasteiger partial charge in [0.25, 0.3) is 10.0 Å². The smallest absolute Gasteiger partial charge is 0.262 e. The summed E-state index contributed by atoms with van der Waals surface area (Å²) in [7, 11) is -3.74. The first-order valence-corrected chi connectivity index (χ1v) is 10.3. The first-order valence-electron chi connectivity index (χ1n) is 7.96. The van der Waals surface area contributed by atoms with Crippen molar-refractivity contribution in [3.05, 3.63) is 52.9 Å². The number of nitrogens with one attached hydrogen (secondary N) is 1. The molecule has 26 heavy (non-hydrogen) atoms. The molecular weight excluding hydrogens is 372 g/mol. The summed E-state index contributed by atoms with van der Waals surface area (Å²) in [4.78, 5) is 4.56. The van der Waals surface area contributed by atoms with Crippen molar-refractivity contribution in [1.29, 1.82) is 0 Å². The molecule has 1 aliphatic rings. The Bertz CT molecular complexity index is 1060. The third kappa shape index (κ3) is 3.38. The Balaban J connectivity index is 1.62. The maximum absolute atomic E-state index is 12.7. The molecule has 4 rings (SSSR count). The zero-order valence-electron chi connectivity index (χ0n) is 13.9. The third-order valence-corrected chi connectivity index (χ3v) is 6.01. The average molecular weight is 388 g/mol. The fraction of sp³-hybridized carbons (Fsp3) is 0.167. The summed E-state index contributed by atoms with van der Waals surface area (Å²) >= 11 is 1.55. The molecule has 0 aliphatic carbocycles. The highest BCUT2D eigenvalue weighted by Crippen LogP contribution is 2.33. The molecule has 3 aromatic rings. The second-order valence-corrected chi connectivity index (χ2v) is 8.49. The third-order valence-electron chi connectivity index (χ3n) is 3.85. The van der Waals surface area contributed by atoms with E-state index < -0.39 is 10.0 Å². The minimum Gasteiger partial charge on any atom is -0.486 e. The predicted octanol–water partition coefficient (Wildman–Crippen LogP) is 3.69. The Hall–Kier alpha value is -2.58. The Morgan fingerprint density at radius 2 is 1.88 bits per heavy atom. The zero-order chi connectivity index (χ0) is 18.1. The summed E-state index contributed by atoms with van der Waals surface area (Å²) in [5.74, 6) is 0.988. The molecule has 6 nitrogen and oxygen atoms in total. The quantitative estimate of drug-likeness (QED) is 0.738. The summed E-state index contributed by atoms with van der Waals surface area (Å²) in [6.45, 7) is 2.79. The van der Waals surface area contributed by atoms with Gasteiger partial charge in [-0.3, -0.25) is 4.72 Å². The van der Waals surface area contributed by atoms with Crippen molar-refractivity contribution < 1.29 is 17.9 Å². The fourth-order valence-electron chi connectivity index (χ4n) is 2.64. The first-order chi connectivity index (χ1) is 12.5. The second-order valence-electron chi connectivity index (χ2n) is 5.74. The van der Waals surface area contributed by atoms with Gasteiger partial charge in [-0.1, -0.05) is 12.1 Å². The minimum absolute atomic E-state index is 0.122. The number of aromatic nitrogens is 1. The molecule has 1 aliphatic heterocycles. The SMILES string of the molecule is Cc1nc(-c2cccc(NS(=O)(=O)c3ccc4c(c3)OCCO4)c2)cs1. The van der Waals surface area contributed by atoms with E-state index in [0.29, 0.717) is 30.4 Å². The fourth-order valence-corrected chi connectivity index (χ4v) is 4.33. The van der Waals surface area contributed by atoms with Crippen LogP contribution in [0.2, 0.25) is 0 Å². The van der Waals surface area contributed by atoms with Gasteiger partial charge in [-0.2, -0.15) is 0 Å². The number of anilines is 1. The van der Waals surface area contributed by atoms with Crippen LogP contribution in [-0.2, 0) is 10.0 Å². The normalized spacial score (nSPS) is 13.4. The molecule has 0 fully saturated rings. The van der Waals surface area contributed by atoms with Crippen LogP contribution in [0.1, 0.15) is 5.01 Å². The number of ether oxygens (including phenoxy) is 2. The standard InChI is InChI=1S/C18H16N2O4S2/c1-12-19-16(11-25-12)13-3-2-4-14(9-13)20-26(21,22)15-5-6-17-18(10-15)24-8-7-23-17/h2-6,9-11,20H,7-8H2,1H3. The summed E-state index contributed by atoms with van der Waals surface area (Å²) in [6, 6.07) is 11.8. The van der Waals surface area contributed by atoms with E-state index in [1.807, 2.05) is 18.4 Å². The molecule has 1 N–H and O–H groups in total. The van der Waals surface area contributed by atoms with Gasteiger partial charge in [0, 0.05) is 22.7 Å². The van der Waals surface area contributed by atoms with Crippen molar-refractivity contribution in [2.24, 2.45) is 0 Å². The predicted molar refractivity (Wildman–Crippen MR) is 101 cm³/mol. The highest BCUT2D eigenvalue weighted by Gasteiger charge is 2.19. The molecule has 0 radical (unpaired) electrons. The van der Waals surface area contributed by atoms with Crippen LogP contribution in [0.15, 0.2) is 52.7 Å². The Morgan fingerprint density at radius 3 is 2.65 bits per heavy atom. The van der Waals surface area contributed by atoms with Crippen LogP contribution < -0.4 is 14.2 Å². The number of benzene rings is 2. The molecule has 2 heterocycles. The summed E-state index contributed by atoms with van der Waals surface area (Å²) < 4.78 is 38.9. The van der Waals surface area contributed by atoms with Gasteiger partial charge >= 0.3 is 0 Å². The highest BCUT2D eigenvalue weighted by atomic mass is 32.2. The zero-order valence-corrected chi connectivity index (χ0v) is 15.6. The molecular formula is C18H16N2O4S2. The molecule has 134 valence electrons. The van der Waals surface area contributed by atoms with Gasteiger partial charge in [-0.25, -0.2) is 13.4 Å². The molecule has 0 spiro atoms. The maximum Gasteiger partial charge on any atom is 0.262 e. The molecule has 2 aromatic carbocycles. The lowest BCUT2D eigenvalue weighted by atomic mass is 10.1. The number of hydrogen-bond acceptors (Lipinski definition) is 6. The van der Waals surface area contributed by atoms with Crippen molar-refractivity contribution in [2.75, 3.05) is 17.9 Å². The lowest BCUT2D eigenvalue weighted by Gasteiger charge is -2.19. The number of fused-ring (bicyclic) bond motifs is 1. The van der Waals surface area contributed by atoms with E-state index in [4.69, 9.17) is 9.47 Å². The largest absolute Gasteiger partial charge is 0.486 e. The van der Waals surface area contributed by atoms with Crippen molar-refractivity contribution in [2.45, 2.75) is 11.8 Å². The van der Waals surface area contributed by atoms with Crippen LogP contribution in [-0.4, -0.2) is 26.6 Å². The molecule has 0 unspecified atom stereocenters. The lowest BCUT2D eigenvalue weighted by molar-refractivity contribution is 0.171.